The maximum Gasteiger partial charge on any atom is 0.239 e. The second-order valence-electron chi connectivity index (χ2n) is 4.44. The van der Waals surface area contributed by atoms with E-state index in [2.05, 4.69) is 24.3 Å². The van der Waals surface area contributed by atoms with Crippen LogP contribution in [0.15, 0.2) is 6.20 Å². The molecule has 1 amide bonds. The van der Waals surface area contributed by atoms with E-state index in [0.29, 0.717) is 12.0 Å². The molecule has 1 aromatic rings. The molecule has 1 aromatic heterocycles. The summed E-state index contributed by atoms with van der Waals surface area (Å²) < 4.78 is 1.99. The number of amides is 1. The Morgan fingerprint density at radius 1 is 1.69 bits per heavy atom. The summed E-state index contributed by atoms with van der Waals surface area (Å²) in [6, 6.07) is 0.317. The molecule has 0 bridgehead atoms. The van der Waals surface area contributed by atoms with Crippen LogP contribution in [0, 0.1) is 0 Å². The molecule has 1 N–H and O–H groups in total. The molecule has 1 heterocycles. The van der Waals surface area contributed by atoms with Crippen molar-refractivity contribution in [1.82, 2.24) is 9.78 Å². The number of halogens is 1. The summed E-state index contributed by atoms with van der Waals surface area (Å²) in [5.74, 6) is 0.360. The summed E-state index contributed by atoms with van der Waals surface area (Å²) >= 11 is 5.48. The molecule has 0 saturated heterocycles. The van der Waals surface area contributed by atoms with E-state index in [1.54, 1.807) is 6.20 Å². The second kappa shape index (κ2) is 4.45. The van der Waals surface area contributed by atoms with Crippen molar-refractivity contribution in [1.29, 1.82) is 0 Å². The van der Waals surface area contributed by atoms with Crippen molar-refractivity contribution in [3.63, 3.8) is 0 Å². The first-order valence-corrected chi connectivity index (χ1v) is 6.10. The largest absolute Gasteiger partial charge is 0.322 e. The Morgan fingerprint density at radius 3 is 2.88 bits per heavy atom. The van der Waals surface area contributed by atoms with Gasteiger partial charge in [-0.2, -0.15) is 5.10 Å². The van der Waals surface area contributed by atoms with Crippen LogP contribution in [0.25, 0.3) is 0 Å². The summed E-state index contributed by atoms with van der Waals surface area (Å²) in [4.78, 5) is 11.3. The number of carbonyl (C=O) groups excluding carboxylic acids is 1. The lowest BCUT2D eigenvalue weighted by atomic mass is 10.2. The minimum atomic E-state index is -0.174. The smallest absolute Gasteiger partial charge is 0.239 e. The van der Waals surface area contributed by atoms with Crippen molar-refractivity contribution in [2.75, 3.05) is 11.2 Å². The average molecular weight is 242 g/mol. The minimum Gasteiger partial charge on any atom is -0.322 e. The van der Waals surface area contributed by atoms with E-state index in [1.807, 2.05) is 4.68 Å². The number of rotatable bonds is 4. The summed E-state index contributed by atoms with van der Waals surface area (Å²) in [5, 5.41) is 7.13. The molecule has 1 fully saturated rings. The van der Waals surface area contributed by atoms with Gasteiger partial charge in [0.25, 0.3) is 0 Å². The highest BCUT2D eigenvalue weighted by Crippen LogP contribution is 2.44. The Bertz CT molecular complexity index is 396. The zero-order valence-electron chi connectivity index (χ0n) is 9.53. The minimum absolute atomic E-state index is 0.0169. The number of hydrogen-bond donors (Lipinski definition) is 1. The lowest BCUT2D eigenvalue weighted by molar-refractivity contribution is -0.113. The van der Waals surface area contributed by atoms with Crippen LogP contribution in [-0.2, 0) is 4.79 Å². The molecule has 2 rings (SSSR count). The third kappa shape index (κ3) is 2.21. The van der Waals surface area contributed by atoms with Gasteiger partial charge in [-0.3, -0.25) is 9.48 Å². The van der Waals surface area contributed by atoms with Crippen molar-refractivity contribution in [2.45, 2.75) is 38.6 Å². The van der Waals surface area contributed by atoms with Gasteiger partial charge in [-0.1, -0.05) is 0 Å². The maximum atomic E-state index is 11.3. The first-order chi connectivity index (χ1) is 7.63. The van der Waals surface area contributed by atoms with Gasteiger partial charge in [0.1, 0.15) is 5.88 Å². The molecular weight excluding hydrogens is 226 g/mol. The third-order valence-electron chi connectivity index (χ3n) is 2.68. The quantitative estimate of drug-likeness (QED) is 0.824. The van der Waals surface area contributed by atoms with E-state index in [1.165, 1.54) is 12.8 Å². The zero-order valence-corrected chi connectivity index (χ0v) is 10.3. The fourth-order valence-electron chi connectivity index (χ4n) is 1.83. The average Bonchev–Trinajstić information content (AvgIpc) is 3.00. The molecule has 88 valence electrons. The van der Waals surface area contributed by atoms with Gasteiger partial charge in [0, 0.05) is 12.0 Å². The fraction of sp³-hybridized carbons (Fsp3) is 0.636. The van der Waals surface area contributed by atoms with Crippen LogP contribution in [-0.4, -0.2) is 21.6 Å². The van der Waals surface area contributed by atoms with Crippen LogP contribution in [0.2, 0.25) is 0 Å². The summed E-state index contributed by atoms with van der Waals surface area (Å²) in [7, 11) is 0. The Kier molecular flexibility index (Phi) is 3.19. The fourth-order valence-corrected chi connectivity index (χ4v) is 1.89. The monoisotopic (exact) mass is 241 g/mol. The molecular formula is C11H16ClN3O. The van der Waals surface area contributed by atoms with Gasteiger partial charge >= 0.3 is 0 Å². The van der Waals surface area contributed by atoms with Crippen LogP contribution in [0.4, 0.5) is 5.69 Å². The van der Waals surface area contributed by atoms with Gasteiger partial charge in [-0.05, 0) is 26.7 Å². The van der Waals surface area contributed by atoms with E-state index >= 15 is 0 Å². The topological polar surface area (TPSA) is 46.9 Å². The van der Waals surface area contributed by atoms with Gasteiger partial charge in [0.15, 0.2) is 0 Å². The maximum absolute atomic E-state index is 11.3. The van der Waals surface area contributed by atoms with E-state index in [-0.39, 0.29) is 11.8 Å². The number of hydrogen-bond acceptors (Lipinski definition) is 2. The van der Waals surface area contributed by atoms with Crippen LogP contribution < -0.4 is 5.32 Å². The number of anilines is 1. The first-order valence-electron chi connectivity index (χ1n) is 5.56. The van der Waals surface area contributed by atoms with Gasteiger partial charge in [0.2, 0.25) is 5.91 Å². The van der Waals surface area contributed by atoms with Crippen molar-refractivity contribution >= 4 is 23.2 Å². The Balaban J connectivity index is 2.27. The lowest BCUT2D eigenvalue weighted by Crippen LogP contribution is -2.14. The number of aromatic nitrogens is 2. The zero-order chi connectivity index (χ0) is 11.7. The summed E-state index contributed by atoms with van der Waals surface area (Å²) in [6.07, 6.45) is 4.09. The molecule has 0 spiro atoms. The predicted octanol–water partition coefficient (Wildman–Crippen LogP) is 2.52. The molecule has 0 aliphatic heterocycles. The second-order valence-corrected chi connectivity index (χ2v) is 4.71. The summed E-state index contributed by atoms with van der Waals surface area (Å²) in [5.41, 5.74) is 1.97. The van der Waals surface area contributed by atoms with Crippen molar-refractivity contribution in [3.8, 4) is 0 Å². The van der Waals surface area contributed by atoms with Crippen LogP contribution in [0.1, 0.15) is 44.3 Å². The summed E-state index contributed by atoms with van der Waals surface area (Å²) in [6.45, 7) is 4.18. The van der Waals surface area contributed by atoms with E-state index < -0.39 is 0 Å². The standard InChI is InChI=1S/C11H16ClN3O/c1-7(2)15-11(8-3-4-8)9(6-13-15)14-10(16)5-12/h6-8H,3-5H2,1-2H3,(H,14,16). The molecule has 0 unspecified atom stereocenters. The Labute approximate surface area is 100.0 Å². The molecule has 0 radical (unpaired) electrons. The molecule has 0 aromatic carbocycles. The van der Waals surface area contributed by atoms with Gasteiger partial charge in [0.05, 0.1) is 17.6 Å². The number of carbonyl (C=O) groups is 1. The number of nitrogens with zero attached hydrogens (tertiary/aromatic N) is 2. The molecule has 0 atom stereocenters. The predicted molar refractivity (Wildman–Crippen MR) is 63.9 cm³/mol. The van der Waals surface area contributed by atoms with Gasteiger partial charge < -0.3 is 5.32 Å². The first kappa shape index (κ1) is 11.5. The van der Waals surface area contributed by atoms with Gasteiger partial charge in [-0.15, -0.1) is 11.6 Å². The Morgan fingerprint density at radius 2 is 2.38 bits per heavy atom. The highest BCUT2D eigenvalue weighted by atomic mass is 35.5. The highest BCUT2D eigenvalue weighted by molar-refractivity contribution is 6.29. The normalized spacial score (nSPS) is 15.5. The highest BCUT2D eigenvalue weighted by Gasteiger charge is 2.31. The third-order valence-corrected chi connectivity index (χ3v) is 2.93. The molecule has 1 saturated carbocycles. The van der Waals surface area contributed by atoms with Gasteiger partial charge in [-0.25, -0.2) is 0 Å². The number of alkyl halides is 1. The SMILES string of the molecule is CC(C)n1ncc(NC(=O)CCl)c1C1CC1. The number of nitrogens with one attached hydrogen (secondary N) is 1. The van der Waals surface area contributed by atoms with Crippen LogP contribution in [0.3, 0.4) is 0 Å². The Hall–Kier alpha value is -1.03. The molecule has 4 nitrogen and oxygen atoms in total. The van der Waals surface area contributed by atoms with Crippen LogP contribution >= 0.6 is 11.6 Å². The molecule has 5 heteroatoms. The van der Waals surface area contributed by atoms with E-state index in [0.717, 1.165) is 11.4 Å². The van der Waals surface area contributed by atoms with Crippen molar-refractivity contribution in [2.24, 2.45) is 0 Å². The van der Waals surface area contributed by atoms with E-state index in [4.69, 9.17) is 11.6 Å². The van der Waals surface area contributed by atoms with Crippen LogP contribution in [0.5, 0.6) is 0 Å². The van der Waals surface area contributed by atoms with Crippen molar-refractivity contribution < 1.29 is 4.79 Å². The van der Waals surface area contributed by atoms with Crippen molar-refractivity contribution in [3.05, 3.63) is 11.9 Å². The molecule has 1 aliphatic carbocycles. The molecule has 1 aliphatic rings. The lowest BCUT2D eigenvalue weighted by Gasteiger charge is -2.12. The molecule has 16 heavy (non-hydrogen) atoms. The van der Waals surface area contributed by atoms with E-state index in [9.17, 15) is 4.79 Å².